The Morgan fingerprint density at radius 1 is 1.11 bits per heavy atom. The van der Waals surface area contributed by atoms with Gasteiger partial charge in [0.1, 0.15) is 5.01 Å². The predicted molar refractivity (Wildman–Crippen MR) is 76.1 cm³/mol. The van der Waals surface area contributed by atoms with Gasteiger partial charge in [0.2, 0.25) is 0 Å². The average molecular weight is 255 g/mol. The van der Waals surface area contributed by atoms with Gasteiger partial charge >= 0.3 is 0 Å². The average Bonchev–Trinajstić information content (AvgIpc) is 2.87. The van der Waals surface area contributed by atoms with Crippen LogP contribution in [0.5, 0.6) is 0 Å². The largest absolute Gasteiger partial charge is 0.271 e. The smallest absolute Gasteiger partial charge is 0.108 e. The van der Waals surface area contributed by atoms with Gasteiger partial charge in [0.05, 0.1) is 12.2 Å². The van der Waals surface area contributed by atoms with Gasteiger partial charge in [-0.2, -0.15) is 0 Å². The van der Waals surface area contributed by atoms with Crippen LogP contribution in [0.1, 0.15) is 5.01 Å². The SMILES string of the molecule is NNCc1nc(-c2ccc3ccccc3c2)cs1. The molecule has 1 heterocycles. The Kier molecular flexibility index (Phi) is 3.06. The van der Waals surface area contributed by atoms with Crippen LogP contribution in [0.2, 0.25) is 0 Å². The minimum atomic E-state index is 0.609. The lowest BCUT2D eigenvalue weighted by atomic mass is 10.1. The minimum absolute atomic E-state index is 0.609. The van der Waals surface area contributed by atoms with Crippen LogP contribution in [-0.2, 0) is 6.54 Å². The Balaban J connectivity index is 2.02. The molecule has 0 amide bonds. The van der Waals surface area contributed by atoms with Gasteiger partial charge in [0, 0.05) is 10.9 Å². The molecule has 3 N–H and O–H groups in total. The first-order valence-electron chi connectivity index (χ1n) is 5.74. The summed E-state index contributed by atoms with van der Waals surface area (Å²) in [6.45, 7) is 0.609. The van der Waals surface area contributed by atoms with Gasteiger partial charge in [-0.25, -0.2) is 4.98 Å². The first kappa shape index (κ1) is 11.3. The molecule has 3 nitrogen and oxygen atoms in total. The van der Waals surface area contributed by atoms with Gasteiger partial charge in [0.15, 0.2) is 0 Å². The fraction of sp³-hybridized carbons (Fsp3) is 0.0714. The van der Waals surface area contributed by atoms with Crippen molar-refractivity contribution in [3.8, 4) is 11.3 Å². The number of nitrogens with one attached hydrogen (secondary N) is 1. The van der Waals surface area contributed by atoms with Gasteiger partial charge in [-0.1, -0.05) is 36.4 Å². The Bertz CT molecular complexity index is 675. The second-order valence-corrected chi connectivity index (χ2v) is 5.01. The van der Waals surface area contributed by atoms with Crippen molar-refractivity contribution in [2.24, 2.45) is 5.84 Å². The second kappa shape index (κ2) is 4.86. The van der Waals surface area contributed by atoms with Crippen molar-refractivity contribution >= 4 is 22.1 Å². The standard InChI is InChI=1S/C14H13N3S/c15-16-8-14-17-13(9-18-14)12-6-5-10-3-1-2-4-11(10)7-12/h1-7,9,16H,8,15H2. The lowest BCUT2D eigenvalue weighted by Crippen LogP contribution is -2.20. The number of hydrogen-bond acceptors (Lipinski definition) is 4. The summed E-state index contributed by atoms with van der Waals surface area (Å²) in [6, 6.07) is 14.7. The van der Waals surface area contributed by atoms with Crippen LogP contribution in [0.15, 0.2) is 47.8 Å². The Morgan fingerprint density at radius 3 is 2.78 bits per heavy atom. The molecule has 18 heavy (non-hydrogen) atoms. The maximum absolute atomic E-state index is 5.30. The maximum atomic E-state index is 5.30. The van der Waals surface area contributed by atoms with E-state index in [-0.39, 0.29) is 0 Å². The molecule has 3 rings (SSSR count). The number of fused-ring (bicyclic) bond motifs is 1. The molecule has 0 saturated heterocycles. The van der Waals surface area contributed by atoms with E-state index in [0.29, 0.717) is 6.54 Å². The van der Waals surface area contributed by atoms with E-state index in [1.54, 1.807) is 11.3 Å². The lowest BCUT2D eigenvalue weighted by molar-refractivity contribution is 0.737. The van der Waals surface area contributed by atoms with Crippen LogP contribution in [0.4, 0.5) is 0 Å². The minimum Gasteiger partial charge on any atom is -0.271 e. The monoisotopic (exact) mass is 255 g/mol. The first-order valence-corrected chi connectivity index (χ1v) is 6.62. The quantitative estimate of drug-likeness (QED) is 0.559. The summed E-state index contributed by atoms with van der Waals surface area (Å²) in [5.41, 5.74) is 4.78. The highest BCUT2D eigenvalue weighted by atomic mass is 32.1. The summed E-state index contributed by atoms with van der Waals surface area (Å²) in [6.07, 6.45) is 0. The molecule has 0 atom stereocenters. The van der Waals surface area contributed by atoms with Gasteiger partial charge in [-0.05, 0) is 16.8 Å². The Labute approximate surface area is 109 Å². The molecule has 0 radical (unpaired) electrons. The molecule has 0 unspecified atom stereocenters. The molecule has 0 aliphatic rings. The number of aromatic nitrogens is 1. The summed E-state index contributed by atoms with van der Waals surface area (Å²) < 4.78 is 0. The van der Waals surface area contributed by atoms with Crippen LogP contribution in [0.25, 0.3) is 22.0 Å². The zero-order valence-corrected chi connectivity index (χ0v) is 10.6. The summed E-state index contributed by atoms with van der Waals surface area (Å²) in [5.74, 6) is 5.30. The zero-order valence-electron chi connectivity index (χ0n) is 9.76. The van der Waals surface area contributed by atoms with Crippen LogP contribution >= 0.6 is 11.3 Å². The molecule has 1 aromatic heterocycles. The van der Waals surface area contributed by atoms with E-state index in [9.17, 15) is 0 Å². The van der Waals surface area contributed by atoms with E-state index >= 15 is 0 Å². The van der Waals surface area contributed by atoms with Gasteiger partial charge in [-0.15, -0.1) is 11.3 Å². The van der Waals surface area contributed by atoms with Crippen LogP contribution in [0, 0.1) is 0 Å². The van der Waals surface area contributed by atoms with E-state index in [0.717, 1.165) is 16.3 Å². The van der Waals surface area contributed by atoms with Crippen molar-refractivity contribution < 1.29 is 0 Å². The molecule has 0 aliphatic carbocycles. The fourth-order valence-electron chi connectivity index (χ4n) is 1.96. The maximum Gasteiger partial charge on any atom is 0.108 e. The van der Waals surface area contributed by atoms with E-state index < -0.39 is 0 Å². The van der Waals surface area contributed by atoms with Crippen molar-refractivity contribution in [3.05, 3.63) is 52.9 Å². The molecule has 4 heteroatoms. The van der Waals surface area contributed by atoms with Crippen molar-refractivity contribution in [2.45, 2.75) is 6.54 Å². The molecule has 0 fully saturated rings. The van der Waals surface area contributed by atoms with Gasteiger partial charge in [-0.3, -0.25) is 11.3 Å². The number of benzene rings is 2. The summed E-state index contributed by atoms with van der Waals surface area (Å²) >= 11 is 1.62. The molecular weight excluding hydrogens is 242 g/mol. The third-order valence-electron chi connectivity index (χ3n) is 2.85. The van der Waals surface area contributed by atoms with Gasteiger partial charge < -0.3 is 0 Å². The molecule has 0 aliphatic heterocycles. The molecule has 0 spiro atoms. The highest BCUT2D eigenvalue weighted by Gasteiger charge is 2.04. The van der Waals surface area contributed by atoms with E-state index in [1.807, 2.05) is 0 Å². The zero-order chi connectivity index (χ0) is 12.4. The summed E-state index contributed by atoms with van der Waals surface area (Å²) in [5, 5.41) is 5.55. The summed E-state index contributed by atoms with van der Waals surface area (Å²) in [4.78, 5) is 4.55. The number of nitrogens with two attached hydrogens (primary N) is 1. The predicted octanol–water partition coefficient (Wildman–Crippen LogP) is 2.93. The number of rotatable bonds is 3. The second-order valence-electron chi connectivity index (χ2n) is 4.07. The van der Waals surface area contributed by atoms with Crippen LogP contribution < -0.4 is 11.3 Å². The molecule has 0 bridgehead atoms. The summed E-state index contributed by atoms with van der Waals surface area (Å²) in [7, 11) is 0. The molecule has 2 aromatic carbocycles. The number of nitrogens with zero attached hydrogens (tertiary/aromatic N) is 1. The highest BCUT2D eigenvalue weighted by molar-refractivity contribution is 7.09. The Hall–Kier alpha value is -1.75. The Morgan fingerprint density at radius 2 is 1.94 bits per heavy atom. The van der Waals surface area contributed by atoms with E-state index in [1.165, 1.54) is 10.8 Å². The number of hydrogen-bond donors (Lipinski definition) is 2. The highest BCUT2D eigenvalue weighted by Crippen LogP contribution is 2.25. The topological polar surface area (TPSA) is 50.9 Å². The molecule has 90 valence electrons. The van der Waals surface area contributed by atoms with E-state index in [4.69, 9.17) is 5.84 Å². The third kappa shape index (κ3) is 2.13. The number of hydrazine groups is 1. The molecule has 0 saturated carbocycles. The molecule has 3 aromatic rings. The lowest BCUT2D eigenvalue weighted by Gasteiger charge is -2.00. The fourth-order valence-corrected chi connectivity index (χ4v) is 2.71. The van der Waals surface area contributed by atoms with Gasteiger partial charge in [0.25, 0.3) is 0 Å². The van der Waals surface area contributed by atoms with Crippen molar-refractivity contribution in [1.29, 1.82) is 0 Å². The van der Waals surface area contributed by atoms with Crippen LogP contribution in [-0.4, -0.2) is 4.98 Å². The van der Waals surface area contributed by atoms with Crippen LogP contribution in [0.3, 0.4) is 0 Å². The molecular formula is C14H13N3S. The number of thiazole rings is 1. The van der Waals surface area contributed by atoms with Crippen molar-refractivity contribution in [2.75, 3.05) is 0 Å². The van der Waals surface area contributed by atoms with Crippen molar-refractivity contribution in [3.63, 3.8) is 0 Å². The third-order valence-corrected chi connectivity index (χ3v) is 3.70. The van der Waals surface area contributed by atoms with Crippen molar-refractivity contribution in [1.82, 2.24) is 10.4 Å². The first-order chi connectivity index (χ1) is 8.86. The normalized spacial score (nSPS) is 10.9. The van der Waals surface area contributed by atoms with E-state index in [2.05, 4.69) is 58.3 Å².